The number of hydrogen-bond acceptors (Lipinski definition) is 4. The first-order valence-corrected chi connectivity index (χ1v) is 5.01. The summed E-state index contributed by atoms with van der Waals surface area (Å²) >= 11 is 1.45. The molecular formula is C8H14O4S. The summed E-state index contributed by atoms with van der Waals surface area (Å²) < 4.78 is 4.98. The minimum atomic E-state index is -0.955. The number of carboxylic acids is 1. The molecule has 0 radical (unpaired) electrons. The second kappa shape index (κ2) is 8.10. The van der Waals surface area contributed by atoms with Gasteiger partial charge in [0.05, 0.1) is 19.8 Å². The molecule has 0 aliphatic carbocycles. The van der Waals surface area contributed by atoms with E-state index in [9.17, 15) is 4.79 Å². The molecule has 0 saturated heterocycles. The Balaban J connectivity index is 3.16. The van der Waals surface area contributed by atoms with E-state index < -0.39 is 5.97 Å². The first kappa shape index (κ1) is 12.5. The van der Waals surface area contributed by atoms with Crippen LogP contribution in [0.3, 0.4) is 0 Å². The third-order valence-corrected chi connectivity index (χ3v) is 2.19. The van der Waals surface area contributed by atoms with E-state index in [2.05, 4.69) is 6.58 Å². The van der Waals surface area contributed by atoms with E-state index in [-0.39, 0.29) is 12.2 Å². The largest absolute Gasteiger partial charge is 0.478 e. The highest BCUT2D eigenvalue weighted by molar-refractivity contribution is 7.99. The third-order valence-electron chi connectivity index (χ3n) is 1.19. The summed E-state index contributed by atoms with van der Waals surface area (Å²) in [6.07, 6.45) is 0. The van der Waals surface area contributed by atoms with Gasteiger partial charge in [0.1, 0.15) is 0 Å². The van der Waals surface area contributed by atoms with Crippen LogP contribution in [0.15, 0.2) is 12.2 Å². The molecule has 5 heteroatoms. The fourth-order valence-corrected chi connectivity index (χ4v) is 1.29. The van der Waals surface area contributed by atoms with Crippen molar-refractivity contribution in [3.8, 4) is 0 Å². The fraction of sp³-hybridized carbons (Fsp3) is 0.625. The Labute approximate surface area is 81.6 Å². The standard InChI is InChI=1S/C8H14O4S/c1-7(8(10)11)6-13-5-4-12-3-2-9/h9H,1-6H2,(H,10,11). The molecule has 0 saturated carbocycles. The molecule has 0 spiro atoms. The van der Waals surface area contributed by atoms with E-state index in [0.29, 0.717) is 24.7 Å². The van der Waals surface area contributed by atoms with Crippen LogP contribution in [-0.4, -0.2) is 47.5 Å². The zero-order chi connectivity index (χ0) is 10.1. The van der Waals surface area contributed by atoms with E-state index in [1.807, 2.05) is 0 Å². The Kier molecular flexibility index (Phi) is 7.77. The van der Waals surface area contributed by atoms with Gasteiger partial charge in [-0.05, 0) is 0 Å². The molecule has 0 aliphatic rings. The Morgan fingerprint density at radius 2 is 2.15 bits per heavy atom. The highest BCUT2D eigenvalue weighted by Gasteiger charge is 2.02. The van der Waals surface area contributed by atoms with Crippen molar-refractivity contribution in [3.63, 3.8) is 0 Å². The molecule has 0 fully saturated rings. The van der Waals surface area contributed by atoms with Crippen molar-refractivity contribution < 1.29 is 19.7 Å². The molecule has 0 atom stereocenters. The molecule has 0 aromatic carbocycles. The Bertz CT molecular complexity index is 170. The Morgan fingerprint density at radius 1 is 1.46 bits per heavy atom. The summed E-state index contributed by atoms with van der Waals surface area (Å²) in [5.74, 6) is 0.174. The van der Waals surface area contributed by atoms with Crippen molar-refractivity contribution in [1.82, 2.24) is 0 Å². The van der Waals surface area contributed by atoms with Crippen LogP contribution in [0.2, 0.25) is 0 Å². The average molecular weight is 206 g/mol. The van der Waals surface area contributed by atoms with Gasteiger partial charge in [-0.25, -0.2) is 4.79 Å². The van der Waals surface area contributed by atoms with E-state index in [4.69, 9.17) is 14.9 Å². The van der Waals surface area contributed by atoms with Crippen LogP contribution in [-0.2, 0) is 9.53 Å². The van der Waals surface area contributed by atoms with Gasteiger partial charge < -0.3 is 14.9 Å². The van der Waals surface area contributed by atoms with Crippen molar-refractivity contribution >= 4 is 17.7 Å². The molecule has 76 valence electrons. The van der Waals surface area contributed by atoms with Crippen molar-refractivity contribution in [2.24, 2.45) is 0 Å². The van der Waals surface area contributed by atoms with Crippen molar-refractivity contribution in [2.75, 3.05) is 31.3 Å². The number of ether oxygens (including phenoxy) is 1. The highest BCUT2D eigenvalue weighted by atomic mass is 32.2. The van der Waals surface area contributed by atoms with E-state index in [0.717, 1.165) is 0 Å². The van der Waals surface area contributed by atoms with Gasteiger partial charge >= 0.3 is 5.97 Å². The molecule has 0 heterocycles. The number of carbonyl (C=O) groups is 1. The van der Waals surface area contributed by atoms with Gasteiger partial charge in [-0.2, -0.15) is 11.8 Å². The maximum atomic E-state index is 10.3. The number of thioether (sulfide) groups is 1. The van der Waals surface area contributed by atoms with Crippen LogP contribution in [0.1, 0.15) is 0 Å². The molecule has 2 N–H and O–H groups in total. The van der Waals surface area contributed by atoms with E-state index in [1.165, 1.54) is 11.8 Å². The fourth-order valence-electron chi connectivity index (χ4n) is 0.542. The van der Waals surface area contributed by atoms with Crippen LogP contribution in [0.5, 0.6) is 0 Å². The number of rotatable bonds is 8. The summed E-state index contributed by atoms with van der Waals surface area (Å²) in [4.78, 5) is 10.3. The van der Waals surface area contributed by atoms with Crippen LogP contribution < -0.4 is 0 Å². The molecular weight excluding hydrogens is 192 g/mol. The van der Waals surface area contributed by atoms with Gasteiger partial charge in [-0.15, -0.1) is 0 Å². The SMILES string of the molecule is C=C(CSCCOCCO)C(=O)O. The molecule has 0 amide bonds. The molecule has 0 bridgehead atoms. The Morgan fingerprint density at radius 3 is 2.69 bits per heavy atom. The summed E-state index contributed by atoms with van der Waals surface area (Å²) in [6, 6.07) is 0. The normalized spacial score (nSPS) is 9.92. The van der Waals surface area contributed by atoms with E-state index >= 15 is 0 Å². The lowest BCUT2D eigenvalue weighted by Crippen LogP contribution is -2.05. The summed E-state index contributed by atoms with van der Waals surface area (Å²) in [5, 5.41) is 16.8. The number of hydrogen-bond donors (Lipinski definition) is 2. The second-order valence-electron chi connectivity index (χ2n) is 2.30. The lowest BCUT2D eigenvalue weighted by Gasteiger charge is -2.02. The predicted molar refractivity (Wildman–Crippen MR) is 52.0 cm³/mol. The zero-order valence-corrected chi connectivity index (χ0v) is 8.18. The van der Waals surface area contributed by atoms with Crippen molar-refractivity contribution in [2.45, 2.75) is 0 Å². The topological polar surface area (TPSA) is 66.8 Å². The van der Waals surface area contributed by atoms with Gasteiger partial charge in [0.15, 0.2) is 0 Å². The number of aliphatic carboxylic acids is 1. The average Bonchev–Trinajstić information content (AvgIpc) is 2.10. The highest BCUT2D eigenvalue weighted by Crippen LogP contribution is 2.05. The minimum Gasteiger partial charge on any atom is -0.478 e. The van der Waals surface area contributed by atoms with Crippen LogP contribution in [0.25, 0.3) is 0 Å². The molecule has 0 aliphatic heterocycles. The second-order valence-corrected chi connectivity index (χ2v) is 3.40. The summed E-state index contributed by atoms with van der Waals surface area (Å²) in [6.45, 7) is 4.27. The van der Waals surface area contributed by atoms with Crippen LogP contribution >= 0.6 is 11.8 Å². The Hall–Kier alpha value is -0.520. The molecule has 0 aromatic rings. The van der Waals surface area contributed by atoms with E-state index in [1.54, 1.807) is 0 Å². The zero-order valence-electron chi connectivity index (χ0n) is 7.36. The maximum Gasteiger partial charge on any atom is 0.331 e. The quantitative estimate of drug-likeness (QED) is 0.443. The molecule has 0 rings (SSSR count). The third kappa shape index (κ3) is 7.83. The predicted octanol–water partition coefficient (Wildman–Crippen LogP) is 0.369. The number of carboxylic acid groups (broad SMARTS) is 1. The molecule has 0 aromatic heterocycles. The van der Waals surface area contributed by atoms with Gasteiger partial charge in [0, 0.05) is 17.1 Å². The van der Waals surface area contributed by atoms with Crippen LogP contribution in [0, 0.1) is 0 Å². The first-order valence-electron chi connectivity index (χ1n) is 3.86. The lowest BCUT2D eigenvalue weighted by atomic mass is 10.4. The first-order chi connectivity index (χ1) is 6.18. The van der Waals surface area contributed by atoms with Gasteiger partial charge in [-0.1, -0.05) is 6.58 Å². The number of aliphatic hydroxyl groups excluding tert-OH is 1. The van der Waals surface area contributed by atoms with Gasteiger partial charge in [-0.3, -0.25) is 0 Å². The summed E-state index contributed by atoms with van der Waals surface area (Å²) in [7, 11) is 0. The molecule has 4 nitrogen and oxygen atoms in total. The molecule has 0 unspecified atom stereocenters. The van der Waals surface area contributed by atoms with Gasteiger partial charge in [0.25, 0.3) is 0 Å². The summed E-state index contributed by atoms with van der Waals surface area (Å²) in [5.41, 5.74) is 0.201. The lowest BCUT2D eigenvalue weighted by molar-refractivity contribution is -0.132. The van der Waals surface area contributed by atoms with Gasteiger partial charge in [0.2, 0.25) is 0 Å². The maximum absolute atomic E-state index is 10.3. The minimum absolute atomic E-state index is 0.0203. The number of aliphatic hydroxyl groups is 1. The smallest absolute Gasteiger partial charge is 0.331 e. The van der Waals surface area contributed by atoms with Crippen LogP contribution in [0.4, 0.5) is 0 Å². The molecule has 13 heavy (non-hydrogen) atoms. The van der Waals surface area contributed by atoms with Crippen molar-refractivity contribution in [3.05, 3.63) is 12.2 Å². The monoisotopic (exact) mass is 206 g/mol. The van der Waals surface area contributed by atoms with Crippen molar-refractivity contribution in [1.29, 1.82) is 0 Å².